The molecular weight excluding hydrogens is 591 g/mol. The van der Waals surface area contributed by atoms with E-state index in [-0.39, 0.29) is 6.04 Å². The van der Waals surface area contributed by atoms with Crippen LogP contribution in [-0.4, -0.2) is 6.04 Å². The first-order chi connectivity index (χ1) is 24.3. The molecular formula is C48H37N. The number of allylic oxidation sites excluding steroid dienone is 5. The summed E-state index contributed by atoms with van der Waals surface area (Å²) in [5, 5.41) is 11.8. The summed E-state index contributed by atoms with van der Waals surface area (Å²) in [5.41, 5.74) is 10.2. The zero-order valence-electron chi connectivity index (χ0n) is 27.4. The molecule has 1 N–H and O–H groups in total. The lowest BCUT2D eigenvalue weighted by Crippen LogP contribution is -2.30. The molecule has 7 aromatic rings. The van der Waals surface area contributed by atoms with Crippen molar-refractivity contribution in [3.63, 3.8) is 0 Å². The Kier molecular flexibility index (Phi) is 7.52. The molecule has 2 atom stereocenters. The molecule has 0 radical (unpaired) electrons. The Bertz CT molecular complexity index is 2430. The van der Waals surface area contributed by atoms with Crippen molar-refractivity contribution in [2.24, 2.45) is 0 Å². The maximum absolute atomic E-state index is 3.96. The van der Waals surface area contributed by atoms with Gasteiger partial charge >= 0.3 is 0 Å². The molecule has 1 aliphatic heterocycles. The number of hydrogen-bond acceptors (Lipinski definition) is 1. The van der Waals surface area contributed by atoms with E-state index in [0.717, 1.165) is 12.8 Å². The molecule has 49 heavy (non-hydrogen) atoms. The highest BCUT2D eigenvalue weighted by atomic mass is 14.9. The number of benzene rings is 7. The van der Waals surface area contributed by atoms with E-state index >= 15 is 0 Å². The molecule has 0 saturated carbocycles. The average molecular weight is 628 g/mol. The zero-order valence-corrected chi connectivity index (χ0v) is 27.4. The highest BCUT2D eigenvalue weighted by molar-refractivity contribution is 6.25. The number of rotatable bonds is 5. The van der Waals surface area contributed by atoms with Crippen LogP contribution in [0.4, 0.5) is 0 Å². The molecule has 0 saturated heterocycles. The van der Waals surface area contributed by atoms with Gasteiger partial charge in [-0.1, -0.05) is 170 Å². The second kappa shape index (κ2) is 12.6. The third kappa shape index (κ3) is 5.58. The van der Waals surface area contributed by atoms with Crippen molar-refractivity contribution >= 4 is 43.6 Å². The maximum Gasteiger partial charge on any atom is 0.0512 e. The number of hydrogen-bond donors (Lipinski definition) is 1. The molecule has 234 valence electrons. The second-order valence-corrected chi connectivity index (χ2v) is 13.3. The normalized spacial score (nSPS) is 17.7. The van der Waals surface area contributed by atoms with Gasteiger partial charge in [-0.3, -0.25) is 0 Å². The molecule has 1 heterocycles. The molecule has 1 aliphatic carbocycles. The maximum atomic E-state index is 3.96. The Balaban J connectivity index is 1.03. The summed E-state index contributed by atoms with van der Waals surface area (Å²) in [6.45, 7) is 0. The van der Waals surface area contributed by atoms with Crippen LogP contribution >= 0.6 is 0 Å². The summed E-state index contributed by atoms with van der Waals surface area (Å²) < 4.78 is 0. The first-order valence-electron chi connectivity index (χ1n) is 17.4. The van der Waals surface area contributed by atoms with E-state index < -0.39 is 0 Å². The lowest BCUT2D eigenvalue weighted by Gasteiger charge is -2.27. The van der Waals surface area contributed by atoms with Crippen LogP contribution in [0.1, 0.15) is 35.4 Å². The minimum absolute atomic E-state index is 0.215. The standard InChI is InChI=1S/C48H37N/c1-3-13-33(14-4-1)39-26-28-47(49-48(32-39)34-15-5-2-6-16-34)40-20-12-19-37(30-40)35-17-11-18-36(29-35)38-25-27-45-43-23-8-7-21-41(43)42-22-9-10-24-44(42)46(45)31-38/h1-27,29,31-32,37,47,49H,28,30H2. The summed E-state index contributed by atoms with van der Waals surface area (Å²) in [7, 11) is 0. The van der Waals surface area contributed by atoms with Crippen LogP contribution in [0.5, 0.6) is 0 Å². The van der Waals surface area contributed by atoms with Crippen molar-refractivity contribution in [3.8, 4) is 11.1 Å². The Hall–Kier alpha value is -5.92. The van der Waals surface area contributed by atoms with E-state index in [1.54, 1.807) is 0 Å². The van der Waals surface area contributed by atoms with Gasteiger partial charge in [0.2, 0.25) is 0 Å². The minimum atomic E-state index is 0.215. The second-order valence-electron chi connectivity index (χ2n) is 13.3. The third-order valence-corrected chi connectivity index (χ3v) is 10.3. The Labute approximate surface area is 288 Å². The van der Waals surface area contributed by atoms with Gasteiger partial charge in [0.25, 0.3) is 0 Å². The van der Waals surface area contributed by atoms with E-state index in [9.17, 15) is 0 Å². The van der Waals surface area contributed by atoms with E-state index in [2.05, 4.69) is 187 Å². The fourth-order valence-electron chi connectivity index (χ4n) is 7.83. The van der Waals surface area contributed by atoms with Crippen LogP contribution in [0, 0.1) is 0 Å². The average Bonchev–Trinajstić information content (AvgIpc) is 3.42. The largest absolute Gasteiger partial charge is 0.378 e. The lowest BCUT2D eigenvalue weighted by atomic mass is 9.83. The van der Waals surface area contributed by atoms with Crippen LogP contribution in [0.3, 0.4) is 0 Å². The minimum Gasteiger partial charge on any atom is -0.378 e. The first kappa shape index (κ1) is 29.2. The zero-order chi connectivity index (χ0) is 32.6. The number of nitrogens with one attached hydrogen (secondary N) is 1. The van der Waals surface area contributed by atoms with E-state index in [1.807, 2.05) is 0 Å². The van der Waals surface area contributed by atoms with E-state index in [1.165, 1.54) is 77.0 Å². The molecule has 0 amide bonds. The van der Waals surface area contributed by atoms with Gasteiger partial charge in [-0.15, -0.1) is 0 Å². The van der Waals surface area contributed by atoms with Gasteiger partial charge in [-0.2, -0.15) is 0 Å². The first-order valence-corrected chi connectivity index (χ1v) is 17.4. The highest BCUT2D eigenvalue weighted by Crippen LogP contribution is 2.39. The van der Waals surface area contributed by atoms with Crippen LogP contribution in [0.25, 0.3) is 54.7 Å². The van der Waals surface area contributed by atoms with Gasteiger partial charge in [-0.25, -0.2) is 0 Å². The summed E-state index contributed by atoms with van der Waals surface area (Å²) in [6.07, 6.45) is 13.6. The fourth-order valence-corrected chi connectivity index (χ4v) is 7.83. The SMILES string of the molecule is C1=CC(c2cccc(-c3ccc4c5ccccc5c5ccccc5c4c3)c2)CC(C2CC=C(c3ccccc3)C=C(c3ccccc3)N2)=C1. The Morgan fingerprint density at radius 3 is 1.80 bits per heavy atom. The Morgan fingerprint density at radius 1 is 0.490 bits per heavy atom. The summed E-state index contributed by atoms with van der Waals surface area (Å²) in [4.78, 5) is 0. The summed E-state index contributed by atoms with van der Waals surface area (Å²) in [5.74, 6) is 0.317. The van der Waals surface area contributed by atoms with Crippen molar-refractivity contribution < 1.29 is 0 Å². The van der Waals surface area contributed by atoms with Gasteiger partial charge < -0.3 is 5.32 Å². The van der Waals surface area contributed by atoms with Crippen molar-refractivity contribution in [2.75, 3.05) is 0 Å². The molecule has 0 bridgehead atoms. The lowest BCUT2D eigenvalue weighted by molar-refractivity contribution is 0.635. The summed E-state index contributed by atoms with van der Waals surface area (Å²) >= 11 is 0. The van der Waals surface area contributed by atoms with Crippen molar-refractivity contribution in [3.05, 3.63) is 204 Å². The highest BCUT2D eigenvalue weighted by Gasteiger charge is 2.23. The van der Waals surface area contributed by atoms with Gasteiger partial charge in [-0.05, 0) is 96.3 Å². The van der Waals surface area contributed by atoms with Crippen molar-refractivity contribution in [1.82, 2.24) is 5.32 Å². The molecule has 0 spiro atoms. The molecule has 2 aliphatic rings. The number of fused-ring (bicyclic) bond motifs is 6. The fraction of sp³-hybridized carbons (Fsp3) is 0.0833. The van der Waals surface area contributed by atoms with Gasteiger partial charge in [0.15, 0.2) is 0 Å². The van der Waals surface area contributed by atoms with Crippen LogP contribution in [0.2, 0.25) is 0 Å². The van der Waals surface area contributed by atoms with Gasteiger partial charge in [0.1, 0.15) is 0 Å². The molecule has 0 fully saturated rings. The van der Waals surface area contributed by atoms with Crippen molar-refractivity contribution in [2.45, 2.75) is 24.8 Å². The van der Waals surface area contributed by atoms with Crippen molar-refractivity contribution in [1.29, 1.82) is 0 Å². The molecule has 7 aromatic carbocycles. The van der Waals surface area contributed by atoms with Gasteiger partial charge in [0.05, 0.1) is 6.04 Å². The topological polar surface area (TPSA) is 12.0 Å². The van der Waals surface area contributed by atoms with Gasteiger partial charge in [0, 0.05) is 11.6 Å². The van der Waals surface area contributed by atoms with E-state index in [4.69, 9.17) is 0 Å². The summed E-state index contributed by atoms with van der Waals surface area (Å²) in [6, 6.07) is 55.5. The predicted octanol–water partition coefficient (Wildman–Crippen LogP) is 12.3. The molecule has 1 nitrogen and oxygen atoms in total. The Morgan fingerprint density at radius 2 is 1.08 bits per heavy atom. The van der Waals surface area contributed by atoms with Crippen LogP contribution in [-0.2, 0) is 0 Å². The van der Waals surface area contributed by atoms with E-state index in [0.29, 0.717) is 5.92 Å². The molecule has 0 aromatic heterocycles. The molecule has 9 rings (SSSR count). The predicted molar refractivity (Wildman–Crippen MR) is 209 cm³/mol. The third-order valence-electron chi connectivity index (χ3n) is 10.3. The van der Waals surface area contributed by atoms with Crippen LogP contribution < -0.4 is 5.32 Å². The monoisotopic (exact) mass is 627 g/mol. The smallest absolute Gasteiger partial charge is 0.0512 e. The van der Waals surface area contributed by atoms with Crippen LogP contribution in [0.15, 0.2) is 188 Å². The molecule has 1 heteroatoms. The quantitative estimate of drug-likeness (QED) is 0.187. The molecule has 2 unspecified atom stereocenters.